The van der Waals surface area contributed by atoms with Gasteiger partial charge >= 0.3 is 6.03 Å². The van der Waals surface area contributed by atoms with Gasteiger partial charge in [0.05, 0.1) is 10.2 Å². The fraction of sp³-hybridized carbons (Fsp3) is 0.263. The van der Waals surface area contributed by atoms with Crippen molar-refractivity contribution in [3.8, 4) is 0 Å². The van der Waals surface area contributed by atoms with E-state index in [-0.39, 0.29) is 6.03 Å². The van der Waals surface area contributed by atoms with Gasteiger partial charge in [-0.2, -0.15) is 0 Å². The minimum Gasteiger partial charge on any atom is -0.345 e. The van der Waals surface area contributed by atoms with Crippen molar-refractivity contribution in [1.29, 1.82) is 0 Å². The number of carbonyl (C=O) groups excluding carboxylic acids is 1. The summed E-state index contributed by atoms with van der Waals surface area (Å²) >= 11 is 5.20. The van der Waals surface area contributed by atoms with Gasteiger partial charge in [0.1, 0.15) is 0 Å². The van der Waals surface area contributed by atoms with E-state index in [2.05, 4.69) is 32.2 Å². The van der Waals surface area contributed by atoms with Gasteiger partial charge in [0, 0.05) is 36.3 Å². The zero-order valence-electron chi connectivity index (χ0n) is 14.4. The number of piperazine rings is 1. The summed E-state index contributed by atoms with van der Waals surface area (Å²) < 4.78 is 2.24. The Hall–Kier alpha value is -2.12. The number of hydrogen-bond donors (Lipinski definition) is 1. The average molecular weight is 431 g/mol. The molecule has 2 amide bonds. The van der Waals surface area contributed by atoms with Crippen LogP contribution in [-0.2, 0) is 0 Å². The predicted octanol–water partition coefficient (Wildman–Crippen LogP) is 4.72. The normalized spacial score (nSPS) is 14.7. The monoisotopic (exact) mass is 430 g/mol. The number of aryl methyl sites for hydroxylation is 1. The van der Waals surface area contributed by atoms with Crippen LogP contribution >= 0.6 is 27.3 Å². The van der Waals surface area contributed by atoms with Crippen molar-refractivity contribution in [1.82, 2.24) is 9.88 Å². The number of carbonyl (C=O) groups is 1. The largest absolute Gasteiger partial charge is 0.345 e. The SMILES string of the molecule is Cc1cccc(NC(=O)N2CCN(c3nc4ccc(Br)cc4s3)CC2)c1. The smallest absolute Gasteiger partial charge is 0.321 e. The van der Waals surface area contributed by atoms with Gasteiger partial charge in [-0.25, -0.2) is 9.78 Å². The number of halogens is 1. The van der Waals surface area contributed by atoms with E-state index >= 15 is 0 Å². The van der Waals surface area contributed by atoms with Crippen LogP contribution in [-0.4, -0.2) is 42.1 Å². The third-order valence-corrected chi connectivity index (χ3v) is 6.02. The molecule has 0 unspecified atom stereocenters. The van der Waals surface area contributed by atoms with Gasteiger partial charge in [-0.15, -0.1) is 0 Å². The number of urea groups is 1. The molecule has 134 valence electrons. The van der Waals surface area contributed by atoms with Crippen LogP contribution in [0.5, 0.6) is 0 Å². The third-order valence-electron chi connectivity index (χ3n) is 4.45. The molecule has 5 nitrogen and oxygen atoms in total. The summed E-state index contributed by atoms with van der Waals surface area (Å²) in [6.07, 6.45) is 0. The lowest BCUT2D eigenvalue weighted by molar-refractivity contribution is 0.208. The summed E-state index contributed by atoms with van der Waals surface area (Å²) in [5, 5.41) is 4.01. The lowest BCUT2D eigenvalue weighted by Crippen LogP contribution is -2.50. The molecule has 26 heavy (non-hydrogen) atoms. The number of thiazole rings is 1. The number of fused-ring (bicyclic) bond motifs is 1. The van der Waals surface area contributed by atoms with E-state index in [4.69, 9.17) is 4.98 Å². The second kappa shape index (κ2) is 7.25. The fourth-order valence-electron chi connectivity index (χ4n) is 3.05. The molecule has 1 fully saturated rings. The van der Waals surface area contributed by atoms with Crippen molar-refractivity contribution in [2.24, 2.45) is 0 Å². The number of rotatable bonds is 2. The first-order valence-corrected chi connectivity index (χ1v) is 10.1. The average Bonchev–Trinajstić information content (AvgIpc) is 3.05. The Morgan fingerprint density at radius 3 is 2.73 bits per heavy atom. The molecule has 1 aliphatic heterocycles. The van der Waals surface area contributed by atoms with Crippen LogP contribution in [0.2, 0.25) is 0 Å². The Bertz CT molecular complexity index is 950. The van der Waals surface area contributed by atoms with Crippen LogP contribution in [0.25, 0.3) is 10.2 Å². The number of hydrogen-bond acceptors (Lipinski definition) is 4. The Kier molecular flexibility index (Phi) is 4.82. The number of aromatic nitrogens is 1. The van der Waals surface area contributed by atoms with Crippen molar-refractivity contribution in [3.63, 3.8) is 0 Å². The third kappa shape index (κ3) is 3.68. The van der Waals surface area contributed by atoms with E-state index in [1.165, 1.54) is 4.70 Å². The molecule has 0 aliphatic carbocycles. The molecule has 0 saturated carbocycles. The zero-order valence-corrected chi connectivity index (χ0v) is 16.8. The number of amides is 2. The molecular formula is C19H19BrN4OS. The second-order valence-corrected chi connectivity index (χ2v) is 8.31. The van der Waals surface area contributed by atoms with Crippen LogP contribution in [0.15, 0.2) is 46.9 Å². The highest BCUT2D eigenvalue weighted by molar-refractivity contribution is 9.10. The van der Waals surface area contributed by atoms with Crippen molar-refractivity contribution in [2.45, 2.75) is 6.92 Å². The van der Waals surface area contributed by atoms with Crippen molar-refractivity contribution < 1.29 is 4.79 Å². The standard InChI is InChI=1S/C19H19BrN4OS/c1-13-3-2-4-15(11-13)21-18(25)23-7-9-24(10-8-23)19-22-16-6-5-14(20)12-17(16)26-19/h2-6,11-12H,7-10H2,1H3,(H,21,25). The minimum absolute atomic E-state index is 0.0384. The first-order chi connectivity index (χ1) is 12.6. The molecule has 1 aliphatic rings. The first kappa shape index (κ1) is 17.3. The minimum atomic E-state index is -0.0384. The topological polar surface area (TPSA) is 48.5 Å². The van der Waals surface area contributed by atoms with Gasteiger partial charge < -0.3 is 15.1 Å². The Labute approximate surface area is 164 Å². The molecule has 1 saturated heterocycles. The van der Waals surface area contributed by atoms with Gasteiger partial charge in [-0.1, -0.05) is 39.4 Å². The molecule has 0 spiro atoms. The Balaban J connectivity index is 1.39. The van der Waals surface area contributed by atoms with E-state index in [1.807, 2.05) is 48.2 Å². The molecule has 7 heteroatoms. The summed E-state index contributed by atoms with van der Waals surface area (Å²) in [6.45, 7) is 4.99. The van der Waals surface area contributed by atoms with Crippen LogP contribution in [0, 0.1) is 6.92 Å². The van der Waals surface area contributed by atoms with E-state index in [0.717, 1.165) is 39.5 Å². The fourth-order valence-corrected chi connectivity index (χ4v) is 4.62. The molecule has 3 aromatic rings. The molecular weight excluding hydrogens is 412 g/mol. The lowest BCUT2D eigenvalue weighted by Gasteiger charge is -2.34. The summed E-state index contributed by atoms with van der Waals surface area (Å²) in [7, 11) is 0. The van der Waals surface area contributed by atoms with E-state index in [9.17, 15) is 4.79 Å². The first-order valence-electron chi connectivity index (χ1n) is 8.52. The molecule has 0 atom stereocenters. The van der Waals surface area contributed by atoms with Gasteiger partial charge in [-0.3, -0.25) is 0 Å². The quantitative estimate of drug-likeness (QED) is 0.639. The number of benzene rings is 2. The van der Waals surface area contributed by atoms with Gasteiger partial charge in [0.15, 0.2) is 5.13 Å². The Morgan fingerprint density at radius 2 is 1.96 bits per heavy atom. The molecule has 2 aromatic carbocycles. The second-order valence-electron chi connectivity index (χ2n) is 6.38. The molecule has 0 radical (unpaired) electrons. The highest BCUT2D eigenvalue weighted by Crippen LogP contribution is 2.31. The van der Waals surface area contributed by atoms with Crippen LogP contribution < -0.4 is 10.2 Å². The maximum atomic E-state index is 12.5. The highest BCUT2D eigenvalue weighted by atomic mass is 79.9. The predicted molar refractivity (Wildman–Crippen MR) is 111 cm³/mol. The van der Waals surface area contributed by atoms with Gasteiger partial charge in [-0.05, 0) is 42.8 Å². The molecule has 0 bridgehead atoms. The molecule has 2 heterocycles. The summed E-state index contributed by atoms with van der Waals surface area (Å²) in [6, 6.07) is 14.0. The van der Waals surface area contributed by atoms with E-state index < -0.39 is 0 Å². The number of nitrogens with one attached hydrogen (secondary N) is 1. The van der Waals surface area contributed by atoms with Crippen LogP contribution in [0.1, 0.15) is 5.56 Å². The van der Waals surface area contributed by atoms with Crippen molar-refractivity contribution in [3.05, 3.63) is 52.5 Å². The van der Waals surface area contributed by atoms with Gasteiger partial charge in [0.2, 0.25) is 0 Å². The van der Waals surface area contributed by atoms with Gasteiger partial charge in [0.25, 0.3) is 0 Å². The maximum absolute atomic E-state index is 12.5. The molecule has 4 rings (SSSR count). The maximum Gasteiger partial charge on any atom is 0.321 e. The van der Waals surface area contributed by atoms with E-state index in [1.54, 1.807) is 11.3 Å². The van der Waals surface area contributed by atoms with E-state index in [0.29, 0.717) is 13.1 Å². The van der Waals surface area contributed by atoms with Crippen LogP contribution in [0.4, 0.5) is 15.6 Å². The highest BCUT2D eigenvalue weighted by Gasteiger charge is 2.23. The Morgan fingerprint density at radius 1 is 1.15 bits per heavy atom. The molecule has 1 N–H and O–H groups in total. The summed E-state index contributed by atoms with van der Waals surface area (Å²) in [5.74, 6) is 0. The number of nitrogens with zero attached hydrogens (tertiary/aromatic N) is 3. The zero-order chi connectivity index (χ0) is 18.1. The summed E-state index contributed by atoms with van der Waals surface area (Å²) in [4.78, 5) is 21.3. The van der Waals surface area contributed by atoms with Crippen LogP contribution in [0.3, 0.4) is 0 Å². The van der Waals surface area contributed by atoms with Crippen molar-refractivity contribution in [2.75, 3.05) is 36.4 Å². The lowest BCUT2D eigenvalue weighted by atomic mass is 10.2. The molecule has 1 aromatic heterocycles. The summed E-state index contributed by atoms with van der Waals surface area (Å²) in [5.41, 5.74) is 3.00. The number of anilines is 2. The van der Waals surface area contributed by atoms with Crippen molar-refractivity contribution >= 4 is 54.3 Å².